The van der Waals surface area contributed by atoms with Crippen molar-refractivity contribution < 1.29 is 19.4 Å². The maximum Gasteiger partial charge on any atom is 0.255 e. The first kappa shape index (κ1) is 11.9. The Bertz CT molecular complexity index is 413. The fourth-order valence-electron chi connectivity index (χ4n) is 1.61. The first-order valence-corrected chi connectivity index (χ1v) is 5.47. The van der Waals surface area contributed by atoms with E-state index < -0.39 is 6.10 Å². The van der Waals surface area contributed by atoms with E-state index in [0.29, 0.717) is 24.5 Å². The van der Waals surface area contributed by atoms with E-state index in [1.54, 1.807) is 25.1 Å². The van der Waals surface area contributed by atoms with Crippen LogP contribution in [-0.4, -0.2) is 36.9 Å². The summed E-state index contributed by atoms with van der Waals surface area (Å²) in [6, 6.07) is 4.98. The highest BCUT2D eigenvalue weighted by atomic mass is 16.6. The fraction of sp³-hybridized carbons (Fsp3) is 0.417. The highest BCUT2D eigenvalue weighted by Gasteiger charge is 2.23. The van der Waals surface area contributed by atoms with Crippen LogP contribution in [0.5, 0.6) is 5.75 Å². The minimum Gasteiger partial charge on any atom is -0.508 e. The first-order valence-electron chi connectivity index (χ1n) is 5.47. The van der Waals surface area contributed by atoms with Crippen LogP contribution in [0.4, 0.5) is 5.69 Å². The number of aromatic hydroxyl groups is 1. The molecule has 1 heterocycles. The molecule has 1 aromatic carbocycles. The van der Waals surface area contributed by atoms with E-state index in [4.69, 9.17) is 9.47 Å². The van der Waals surface area contributed by atoms with Crippen molar-refractivity contribution in [3.05, 3.63) is 23.8 Å². The topological polar surface area (TPSA) is 67.8 Å². The predicted molar refractivity (Wildman–Crippen MR) is 62.0 cm³/mol. The molecule has 1 atom stereocenters. The van der Waals surface area contributed by atoms with Gasteiger partial charge in [0.1, 0.15) is 5.75 Å². The zero-order valence-corrected chi connectivity index (χ0v) is 9.60. The van der Waals surface area contributed by atoms with Crippen molar-refractivity contribution in [1.82, 2.24) is 0 Å². The molecular weight excluding hydrogens is 222 g/mol. The number of hydrogen-bond acceptors (Lipinski definition) is 4. The summed E-state index contributed by atoms with van der Waals surface area (Å²) < 4.78 is 10.4. The lowest BCUT2D eigenvalue weighted by Gasteiger charge is -2.22. The number of amides is 1. The predicted octanol–water partition coefficient (Wildman–Crippen LogP) is 1.05. The molecule has 5 heteroatoms. The molecule has 1 aliphatic rings. The van der Waals surface area contributed by atoms with E-state index in [0.717, 1.165) is 0 Å². The van der Waals surface area contributed by atoms with Gasteiger partial charge >= 0.3 is 0 Å². The number of ether oxygens (including phenoxy) is 2. The largest absolute Gasteiger partial charge is 0.508 e. The summed E-state index contributed by atoms with van der Waals surface area (Å²) in [5.41, 5.74) is 1.22. The maximum absolute atomic E-state index is 11.8. The lowest BCUT2D eigenvalue weighted by atomic mass is 10.1. The van der Waals surface area contributed by atoms with Crippen molar-refractivity contribution >= 4 is 11.6 Å². The molecular formula is C12H15NO4. The van der Waals surface area contributed by atoms with Crippen molar-refractivity contribution in [2.75, 3.05) is 25.1 Å². The van der Waals surface area contributed by atoms with Gasteiger partial charge in [-0.05, 0) is 19.1 Å². The molecule has 1 aromatic rings. The van der Waals surface area contributed by atoms with Crippen LogP contribution in [0.15, 0.2) is 18.2 Å². The second-order valence-corrected chi connectivity index (χ2v) is 3.87. The van der Waals surface area contributed by atoms with Crippen molar-refractivity contribution in [3.63, 3.8) is 0 Å². The maximum atomic E-state index is 11.8. The average Bonchev–Trinajstić information content (AvgIpc) is 2.36. The van der Waals surface area contributed by atoms with Gasteiger partial charge in [0, 0.05) is 11.3 Å². The number of rotatable bonds is 2. The number of phenols is 1. The fourth-order valence-corrected chi connectivity index (χ4v) is 1.61. The van der Waals surface area contributed by atoms with Gasteiger partial charge in [-0.3, -0.25) is 4.79 Å². The zero-order chi connectivity index (χ0) is 12.3. The second-order valence-electron chi connectivity index (χ2n) is 3.87. The normalized spacial score (nSPS) is 19.9. The number of carbonyl (C=O) groups excluding carboxylic acids is 1. The van der Waals surface area contributed by atoms with Gasteiger partial charge < -0.3 is 19.9 Å². The Balaban J connectivity index is 2.04. The summed E-state index contributed by atoms with van der Waals surface area (Å²) in [6.45, 7) is 2.96. The number of phenolic OH excluding ortho intramolecular Hbond substituents is 1. The van der Waals surface area contributed by atoms with Gasteiger partial charge in [0.15, 0.2) is 6.10 Å². The van der Waals surface area contributed by atoms with E-state index in [1.165, 1.54) is 0 Å². The van der Waals surface area contributed by atoms with Crippen LogP contribution < -0.4 is 5.32 Å². The molecule has 0 radical (unpaired) electrons. The van der Waals surface area contributed by atoms with Crippen molar-refractivity contribution in [2.24, 2.45) is 0 Å². The smallest absolute Gasteiger partial charge is 0.255 e. The van der Waals surface area contributed by atoms with E-state index >= 15 is 0 Å². The Morgan fingerprint density at radius 3 is 3.00 bits per heavy atom. The molecule has 1 unspecified atom stereocenters. The van der Waals surface area contributed by atoms with E-state index in [-0.39, 0.29) is 18.3 Å². The minimum atomic E-state index is -0.578. The van der Waals surface area contributed by atoms with Gasteiger partial charge in [-0.1, -0.05) is 6.07 Å². The number of nitrogens with one attached hydrogen (secondary N) is 1. The van der Waals surface area contributed by atoms with Crippen LogP contribution in [-0.2, 0) is 14.3 Å². The molecule has 92 valence electrons. The third-order valence-corrected chi connectivity index (χ3v) is 2.67. The molecule has 0 aliphatic carbocycles. The molecule has 2 N–H and O–H groups in total. The van der Waals surface area contributed by atoms with Gasteiger partial charge in [0.25, 0.3) is 5.91 Å². The first-order chi connectivity index (χ1) is 8.18. The molecule has 17 heavy (non-hydrogen) atoms. The van der Waals surface area contributed by atoms with Crippen molar-refractivity contribution in [2.45, 2.75) is 13.0 Å². The average molecular weight is 237 g/mol. The monoisotopic (exact) mass is 237 g/mol. The Hall–Kier alpha value is -1.59. The highest BCUT2D eigenvalue weighted by Crippen LogP contribution is 2.24. The van der Waals surface area contributed by atoms with Crippen LogP contribution in [0.1, 0.15) is 5.56 Å². The van der Waals surface area contributed by atoms with Crippen LogP contribution in [0, 0.1) is 6.92 Å². The molecule has 1 amide bonds. The lowest BCUT2D eigenvalue weighted by Crippen LogP contribution is -2.39. The summed E-state index contributed by atoms with van der Waals surface area (Å²) in [4.78, 5) is 11.8. The minimum absolute atomic E-state index is 0.156. The van der Waals surface area contributed by atoms with Crippen molar-refractivity contribution in [1.29, 1.82) is 0 Å². The summed E-state index contributed by atoms with van der Waals surface area (Å²) >= 11 is 0. The van der Waals surface area contributed by atoms with Gasteiger partial charge in [-0.15, -0.1) is 0 Å². The Morgan fingerprint density at radius 1 is 1.47 bits per heavy atom. The van der Waals surface area contributed by atoms with Crippen molar-refractivity contribution in [3.8, 4) is 5.75 Å². The van der Waals surface area contributed by atoms with E-state index in [2.05, 4.69) is 5.32 Å². The number of hydrogen-bond donors (Lipinski definition) is 2. The SMILES string of the molecule is Cc1c(O)cccc1NC(=O)C1COCCO1. The quantitative estimate of drug-likeness (QED) is 0.807. The van der Waals surface area contributed by atoms with Gasteiger partial charge in [-0.25, -0.2) is 0 Å². The number of anilines is 1. The van der Waals surface area contributed by atoms with E-state index in [1.807, 2.05) is 0 Å². The van der Waals surface area contributed by atoms with Gasteiger partial charge in [-0.2, -0.15) is 0 Å². The Labute approximate surface area is 99.3 Å². The summed E-state index contributed by atoms with van der Waals surface area (Å²) in [5, 5.41) is 12.2. The molecule has 0 aromatic heterocycles. The molecule has 2 rings (SSSR count). The molecule has 5 nitrogen and oxygen atoms in total. The van der Waals surface area contributed by atoms with Crippen LogP contribution in [0.25, 0.3) is 0 Å². The Morgan fingerprint density at radius 2 is 2.29 bits per heavy atom. The third kappa shape index (κ3) is 2.75. The Kier molecular flexibility index (Phi) is 3.61. The van der Waals surface area contributed by atoms with Gasteiger partial charge in [0.2, 0.25) is 0 Å². The summed E-state index contributed by atoms with van der Waals surface area (Å²) in [7, 11) is 0. The highest BCUT2D eigenvalue weighted by molar-refractivity contribution is 5.95. The van der Waals surface area contributed by atoms with Crippen LogP contribution >= 0.6 is 0 Å². The van der Waals surface area contributed by atoms with E-state index in [9.17, 15) is 9.90 Å². The standard InChI is InChI=1S/C12H15NO4/c1-8-9(3-2-4-10(8)14)13-12(15)11-7-16-5-6-17-11/h2-4,11,14H,5-7H2,1H3,(H,13,15). The summed E-state index contributed by atoms with van der Waals surface area (Å²) in [5.74, 6) is -0.0954. The number of carbonyl (C=O) groups is 1. The zero-order valence-electron chi connectivity index (χ0n) is 9.60. The molecule has 0 saturated carbocycles. The third-order valence-electron chi connectivity index (χ3n) is 2.67. The second kappa shape index (κ2) is 5.16. The lowest BCUT2D eigenvalue weighted by molar-refractivity contribution is -0.142. The number of benzene rings is 1. The molecule has 0 spiro atoms. The summed E-state index contributed by atoms with van der Waals surface area (Å²) in [6.07, 6.45) is -0.578. The van der Waals surface area contributed by atoms with Crippen LogP contribution in [0.3, 0.4) is 0 Å². The molecule has 0 bridgehead atoms. The molecule has 1 fully saturated rings. The van der Waals surface area contributed by atoms with Crippen LogP contribution in [0.2, 0.25) is 0 Å². The molecule has 1 saturated heterocycles. The molecule has 1 aliphatic heterocycles. The van der Waals surface area contributed by atoms with Gasteiger partial charge in [0.05, 0.1) is 19.8 Å².